The number of hydrogen-bond acceptors (Lipinski definition) is 6. The van der Waals surface area contributed by atoms with Gasteiger partial charge in [-0.15, -0.1) is 4.91 Å². The fourth-order valence-electron chi connectivity index (χ4n) is 1.70. The minimum atomic E-state index is -0.886. The Morgan fingerprint density at radius 3 is 2.78 bits per heavy atom. The van der Waals surface area contributed by atoms with Crippen LogP contribution in [0.25, 0.3) is 0 Å². The van der Waals surface area contributed by atoms with Gasteiger partial charge in [0.05, 0.1) is 6.61 Å². The van der Waals surface area contributed by atoms with Gasteiger partial charge >= 0.3 is 5.43 Å². The second-order valence-electron chi connectivity index (χ2n) is 3.81. The molecular weight excluding hydrogens is 262 g/mol. The Hall–Kier alpha value is -1.82. The van der Waals surface area contributed by atoms with E-state index in [1.165, 1.54) is 6.07 Å². The van der Waals surface area contributed by atoms with Gasteiger partial charge < -0.3 is 14.2 Å². The van der Waals surface area contributed by atoms with Crippen molar-refractivity contribution in [1.82, 2.24) is 0 Å². The molecule has 6 nitrogen and oxygen atoms in total. The van der Waals surface area contributed by atoms with E-state index in [1.807, 2.05) is 0 Å². The predicted molar refractivity (Wildman–Crippen MR) is 63.6 cm³/mol. The lowest BCUT2D eigenvalue weighted by Gasteiger charge is -2.13. The minimum Gasteiger partial charge on any atom is -0.454 e. The summed E-state index contributed by atoms with van der Waals surface area (Å²) < 4.78 is 15.0. The van der Waals surface area contributed by atoms with Crippen molar-refractivity contribution < 1.29 is 19.0 Å². The molecule has 7 heteroatoms. The van der Waals surface area contributed by atoms with Gasteiger partial charge in [0.1, 0.15) is 5.69 Å². The number of fused-ring (bicyclic) bond motifs is 1. The van der Waals surface area contributed by atoms with E-state index in [0.717, 1.165) is 0 Å². The molecule has 0 radical (unpaired) electrons. The zero-order valence-corrected chi connectivity index (χ0v) is 10.3. The summed E-state index contributed by atoms with van der Waals surface area (Å²) in [5.74, 6) is 0.797. The van der Waals surface area contributed by atoms with E-state index in [9.17, 15) is 9.70 Å². The highest BCUT2D eigenvalue weighted by Gasteiger charge is 2.21. The number of carbonyl (C=O) groups is 1. The maximum Gasteiger partial charge on any atom is 0.403 e. The highest BCUT2D eigenvalue weighted by molar-refractivity contribution is 6.61. The maximum absolute atomic E-state index is 10.8. The Morgan fingerprint density at radius 1 is 1.50 bits per heavy atom. The van der Waals surface area contributed by atoms with Crippen LogP contribution in [-0.2, 0) is 4.74 Å². The van der Waals surface area contributed by atoms with Gasteiger partial charge in [-0.2, -0.15) is 0 Å². The van der Waals surface area contributed by atoms with Crippen molar-refractivity contribution in [3.63, 3.8) is 0 Å². The molecule has 1 unspecified atom stereocenters. The molecule has 1 aromatic rings. The zero-order chi connectivity index (χ0) is 13.1. The molecule has 1 aliphatic rings. The van der Waals surface area contributed by atoms with Crippen molar-refractivity contribution in [1.29, 1.82) is 0 Å². The Morgan fingerprint density at radius 2 is 2.17 bits per heavy atom. The van der Waals surface area contributed by atoms with Gasteiger partial charge in [-0.05, 0) is 16.8 Å². The van der Waals surface area contributed by atoms with Crippen LogP contribution < -0.4 is 9.47 Å². The van der Waals surface area contributed by atoms with E-state index in [4.69, 9.17) is 21.1 Å². The number of rotatable bonds is 4. The van der Waals surface area contributed by atoms with E-state index in [0.29, 0.717) is 17.1 Å². The summed E-state index contributed by atoms with van der Waals surface area (Å²) in [5, 5.41) is 2.94. The summed E-state index contributed by atoms with van der Waals surface area (Å²) in [6.07, 6.45) is 0. The number of hydrogen-bond donors (Lipinski definition) is 0. The van der Waals surface area contributed by atoms with Crippen LogP contribution in [0.1, 0.15) is 18.4 Å². The largest absolute Gasteiger partial charge is 0.454 e. The van der Waals surface area contributed by atoms with Gasteiger partial charge in [-0.25, -0.2) is 4.79 Å². The number of benzene rings is 1. The number of nitroso groups, excluding NO2 is 1. The van der Waals surface area contributed by atoms with Gasteiger partial charge in [-0.1, -0.05) is 6.92 Å². The first kappa shape index (κ1) is 12.6. The van der Waals surface area contributed by atoms with Gasteiger partial charge in [0.15, 0.2) is 11.5 Å². The second-order valence-corrected chi connectivity index (χ2v) is 4.11. The molecule has 0 saturated heterocycles. The number of halogens is 1. The topological polar surface area (TPSA) is 74.2 Å². The molecule has 0 bridgehead atoms. The summed E-state index contributed by atoms with van der Waals surface area (Å²) in [4.78, 5) is 21.3. The third-order valence-corrected chi connectivity index (χ3v) is 2.71. The van der Waals surface area contributed by atoms with Crippen LogP contribution in [0.5, 0.6) is 11.5 Å². The Bertz CT molecular complexity index is 491. The van der Waals surface area contributed by atoms with Crippen molar-refractivity contribution >= 4 is 22.7 Å². The SMILES string of the molecule is CC(COC(=O)Cl)c1cc2c(cc1N=O)OCO2. The van der Waals surface area contributed by atoms with Crippen LogP contribution in [-0.4, -0.2) is 18.8 Å². The van der Waals surface area contributed by atoms with E-state index in [2.05, 4.69) is 9.91 Å². The van der Waals surface area contributed by atoms with Gasteiger partial charge in [0, 0.05) is 23.6 Å². The number of carbonyl (C=O) groups excluding carboxylic acids is 1. The first-order valence-electron chi connectivity index (χ1n) is 5.21. The third-order valence-electron chi connectivity index (χ3n) is 2.60. The van der Waals surface area contributed by atoms with Crippen molar-refractivity contribution in [2.45, 2.75) is 12.8 Å². The molecule has 1 aromatic carbocycles. The summed E-state index contributed by atoms with van der Waals surface area (Å²) in [7, 11) is 0. The summed E-state index contributed by atoms with van der Waals surface area (Å²) in [6, 6.07) is 3.16. The highest BCUT2D eigenvalue weighted by atomic mass is 35.5. The molecule has 0 aliphatic carbocycles. The lowest BCUT2D eigenvalue weighted by molar-refractivity contribution is 0.167. The van der Waals surface area contributed by atoms with Crippen molar-refractivity contribution in [3.8, 4) is 11.5 Å². The van der Waals surface area contributed by atoms with Gasteiger partial charge in [0.2, 0.25) is 6.79 Å². The predicted octanol–water partition coefficient (Wildman–Crippen LogP) is 3.29. The molecule has 1 atom stereocenters. The summed E-state index contributed by atoms with van der Waals surface area (Å²) in [5.41, 5.74) is -0.0345. The van der Waals surface area contributed by atoms with E-state index < -0.39 is 5.43 Å². The molecule has 1 heterocycles. The van der Waals surface area contributed by atoms with Crippen LogP contribution in [0.3, 0.4) is 0 Å². The average molecular weight is 272 g/mol. The first-order valence-corrected chi connectivity index (χ1v) is 5.58. The van der Waals surface area contributed by atoms with Crippen LogP contribution in [0.4, 0.5) is 10.5 Å². The first-order chi connectivity index (χ1) is 8.61. The molecular formula is C11H10ClNO5. The van der Waals surface area contributed by atoms with E-state index in [1.54, 1.807) is 13.0 Å². The minimum absolute atomic E-state index is 0.0600. The lowest BCUT2D eigenvalue weighted by Crippen LogP contribution is -2.06. The Labute approximate surface area is 108 Å². The molecule has 18 heavy (non-hydrogen) atoms. The third kappa shape index (κ3) is 2.53. The Balaban J connectivity index is 2.25. The van der Waals surface area contributed by atoms with Gasteiger partial charge in [-0.3, -0.25) is 0 Å². The fourth-order valence-corrected chi connectivity index (χ4v) is 1.76. The maximum atomic E-state index is 10.8. The molecule has 1 aliphatic heterocycles. The van der Waals surface area contributed by atoms with Crippen molar-refractivity contribution in [3.05, 3.63) is 22.6 Å². The van der Waals surface area contributed by atoms with Crippen molar-refractivity contribution in [2.24, 2.45) is 5.18 Å². The number of ether oxygens (including phenoxy) is 3. The molecule has 0 spiro atoms. The van der Waals surface area contributed by atoms with Crippen LogP contribution in [0, 0.1) is 4.91 Å². The summed E-state index contributed by atoms with van der Waals surface area (Å²) >= 11 is 5.09. The zero-order valence-electron chi connectivity index (χ0n) is 9.51. The highest BCUT2D eigenvalue weighted by Crippen LogP contribution is 2.40. The van der Waals surface area contributed by atoms with Crippen molar-refractivity contribution in [2.75, 3.05) is 13.4 Å². The van der Waals surface area contributed by atoms with Crippen LogP contribution in [0.2, 0.25) is 0 Å². The van der Waals surface area contributed by atoms with Crippen LogP contribution in [0.15, 0.2) is 17.3 Å². The molecule has 0 aromatic heterocycles. The average Bonchev–Trinajstić information content (AvgIpc) is 2.81. The molecule has 96 valence electrons. The molecule has 0 saturated carbocycles. The normalized spacial score (nSPS) is 14.1. The number of nitrogens with zero attached hydrogens (tertiary/aromatic N) is 1. The Kier molecular flexibility index (Phi) is 3.66. The second kappa shape index (κ2) is 5.22. The quantitative estimate of drug-likeness (QED) is 0.620. The molecule has 0 amide bonds. The fraction of sp³-hybridized carbons (Fsp3) is 0.364. The van der Waals surface area contributed by atoms with Gasteiger partial charge in [0.25, 0.3) is 0 Å². The molecule has 2 rings (SSSR count). The van der Waals surface area contributed by atoms with E-state index >= 15 is 0 Å². The molecule has 0 N–H and O–H groups in total. The lowest BCUT2D eigenvalue weighted by atomic mass is 9.99. The van der Waals surface area contributed by atoms with Crippen LogP contribution >= 0.6 is 11.6 Å². The van der Waals surface area contributed by atoms with E-state index in [-0.39, 0.29) is 25.0 Å². The monoisotopic (exact) mass is 271 g/mol. The smallest absolute Gasteiger partial charge is 0.403 e. The molecule has 0 fully saturated rings. The standard InChI is InChI=1S/C11H10ClNO5/c1-6(4-16-11(12)14)7-2-9-10(18-5-17-9)3-8(7)13-15/h2-3,6H,4-5H2,1H3. The summed E-state index contributed by atoms with van der Waals surface area (Å²) in [6.45, 7) is 1.96.